The van der Waals surface area contributed by atoms with Crippen molar-refractivity contribution in [1.29, 1.82) is 0 Å². The summed E-state index contributed by atoms with van der Waals surface area (Å²) in [4.78, 5) is 14.5. The maximum atomic E-state index is 12.6. The molecule has 1 unspecified atom stereocenters. The van der Waals surface area contributed by atoms with Gasteiger partial charge in [0.2, 0.25) is 0 Å². The van der Waals surface area contributed by atoms with Gasteiger partial charge in [-0.05, 0) is 43.5 Å². The Labute approximate surface area is 141 Å². The zero-order valence-electron chi connectivity index (χ0n) is 14.0. The lowest BCUT2D eigenvalue weighted by atomic mass is 10.1. The van der Waals surface area contributed by atoms with Gasteiger partial charge in [-0.25, -0.2) is 8.42 Å². The predicted molar refractivity (Wildman–Crippen MR) is 90.6 cm³/mol. The molecule has 1 aromatic carbocycles. The number of H-pyrrole nitrogens is 1. The molecule has 1 amide bonds. The van der Waals surface area contributed by atoms with Crippen molar-refractivity contribution >= 4 is 15.7 Å². The van der Waals surface area contributed by atoms with E-state index in [0.717, 1.165) is 24.1 Å². The predicted octanol–water partition coefficient (Wildman–Crippen LogP) is 2.52. The molecule has 1 heterocycles. The monoisotopic (exact) mass is 347 g/mol. The Morgan fingerprint density at radius 3 is 2.46 bits per heavy atom. The highest BCUT2D eigenvalue weighted by Gasteiger charge is 2.28. The second-order valence-corrected chi connectivity index (χ2v) is 8.43. The lowest BCUT2D eigenvalue weighted by Crippen LogP contribution is -2.30. The number of nitrogens with zero attached hydrogens (tertiary/aromatic N) is 2. The van der Waals surface area contributed by atoms with Crippen molar-refractivity contribution in [2.24, 2.45) is 0 Å². The number of aromatic amines is 1. The minimum absolute atomic E-state index is 0.155. The minimum atomic E-state index is -3.22. The molecule has 128 valence electrons. The van der Waals surface area contributed by atoms with Crippen LogP contribution in [0.2, 0.25) is 0 Å². The number of amides is 1. The van der Waals surface area contributed by atoms with Gasteiger partial charge < -0.3 is 4.90 Å². The molecule has 0 spiro atoms. The van der Waals surface area contributed by atoms with Crippen LogP contribution in [0.25, 0.3) is 0 Å². The van der Waals surface area contributed by atoms with Crippen LogP contribution in [0, 0.1) is 0 Å². The second kappa shape index (κ2) is 6.05. The second-order valence-electron chi connectivity index (χ2n) is 6.42. The number of sulfone groups is 1. The summed E-state index contributed by atoms with van der Waals surface area (Å²) >= 11 is 0. The molecule has 0 radical (unpaired) electrons. The molecule has 1 atom stereocenters. The fourth-order valence-electron chi connectivity index (χ4n) is 2.62. The molecule has 24 heavy (non-hydrogen) atoms. The number of carbonyl (C=O) groups is 1. The smallest absolute Gasteiger partial charge is 0.274 e. The molecule has 1 aliphatic carbocycles. The number of nitrogens with one attached hydrogen (secondary N) is 1. The Bertz CT molecular complexity index is 851. The summed E-state index contributed by atoms with van der Waals surface area (Å²) in [5, 5.41) is 7.07. The Hall–Kier alpha value is -2.15. The molecule has 1 N–H and O–H groups in total. The van der Waals surface area contributed by atoms with E-state index >= 15 is 0 Å². The van der Waals surface area contributed by atoms with E-state index in [2.05, 4.69) is 10.2 Å². The maximum absolute atomic E-state index is 12.6. The SMILES string of the molecule is CC(c1ccc(S(C)(=O)=O)cc1)N(C)C(=O)c1cc(C2CC2)[nH]n1. The first-order valence-electron chi connectivity index (χ1n) is 7.90. The Balaban J connectivity index is 1.75. The molecule has 1 aliphatic rings. The summed E-state index contributed by atoms with van der Waals surface area (Å²) in [7, 11) is -1.49. The van der Waals surface area contributed by atoms with Crippen LogP contribution in [0.5, 0.6) is 0 Å². The van der Waals surface area contributed by atoms with Crippen LogP contribution in [0.4, 0.5) is 0 Å². The normalized spacial score (nSPS) is 16.0. The van der Waals surface area contributed by atoms with Crippen molar-refractivity contribution in [2.45, 2.75) is 36.6 Å². The van der Waals surface area contributed by atoms with Gasteiger partial charge >= 0.3 is 0 Å². The average molecular weight is 347 g/mol. The van der Waals surface area contributed by atoms with E-state index in [4.69, 9.17) is 0 Å². The highest BCUT2D eigenvalue weighted by Crippen LogP contribution is 2.39. The van der Waals surface area contributed by atoms with Gasteiger partial charge in [0, 0.05) is 24.9 Å². The number of hydrogen-bond donors (Lipinski definition) is 1. The molecule has 1 aromatic heterocycles. The van der Waals surface area contributed by atoms with Crippen molar-refractivity contribution < 1.29 is 13.2 Å². The maximum Gasteiger partial charge on any atom is 0.274 e. The van der Waals surface area contributed by atoms with Crippen LogP contribution in [-0.4, -0.2) is 42.7 Å². The third kappa shape index (κ3) is 3.36. The molecule has 0 aliphatic heterocycles. The fourth-order valence-corrected chi connectivity index (χ4v) is 3.25. The van der Waals surface area contributed by atoms with Crippen LogP contribution in [0.1, 0.15) is 53.5 Å². The van der Waals surface area contributed by atoms with Gasteiger partial charge in [-0.2, -0.15) is 5.10 Å². The minimum Gasteiger partial charge on any atom is -0.334 e. The van der Waals surface area contributed by atoms with Crippen LogP contribution < -0.4 is 0 Å². The first-order valence-corrected chi connectivity index (χ1v) is 9.79. The largest absolute Gasteiger partial charge is 0.334 e. The molecule has 0 bridgehead atoms. The van der Waals surface area contributed by atoms with E-state index in [1.54, 1.807) is 36.2 Å². The van der Waals surface area contributed by atoms with E-state index in [-0.39, 0.29) is 16.8 Å². The first-order chi connectivity index (χ1) is 11.3. The molecule has 0 saturated heterocycles. The summed E-state index contributed by atoms with van der Waals surface area (Å²) in [5.74, 6) is 0.364. The standard InChI is InChI=1S/C17H21N3O3S/c1-11(12-6-8-14(9-7-12)24(3,22)23)20(2)17(21)16-10-15(18-19-16)13-4-5-13/h6-11,13H,4-5H2,1-3H3,(H,18,19). The topological polar surface area (TPSA) is 83.1 Å². The summed E-state index contributed by atoms with van der Waals surface area (Å²) in [6, 6.07) is 8.26. The molecular formula is C17H21N3O3S. The van der Waals surface area contributed by atoms with Gasteiger partial charge in [0.1, 0.15) is 5.69 Å². The lowest BCUT2D eigenvalue weighted by Gasteiger charge is -2.24. The molecule has 1 fully saturated rings. The van der Waals surface area contributed by atoms with Crippen molar-refractivity contribution in [1.82, 2.24) is 15.1 Å². The number of hydrogen-bond acceptors (Lipinski definition) is 4. The third-order valence-electron chi connectivity index (χ3n) is 4.53. The summed E-state index contributed by atoms with van der Waals surface area (Å²) in [6.45, 7) is 1.90. The van der Waals surface area contributed by atoms with E-state index in [0.29, 0.717) is 11.6 Å². The van der Waals surface area contributed by atoms with Gasteiger partial charge in [0.05, 0.1) is 10.9 Å². The van der Waals surface area contributed by atoms with E-state index in [1.807, 2.05) is 13.0 Å². The Kier molecular flexibility index (Phi) is 4.21. The molecule has 3 rings (SSSR count). The van der Waals surface area contributed by atoms with E-state index in [1.165, 1.54) is 6.26 Å². The van der Waals surface area contributed by atoms with Gasteiger partial charge in [0.25, 0.3) is 5.91 Å². The lowest BCUT2D eigenvalue weighted by molar-refractivity contribution is 0.0736. The number of benzene rings is 1. The zero-order chi connectivity index (χ0) is 17.5. The summed E-state index contributed by atoms with van der Waals surface area (Å²) in [5.41, 5.74) is 2.31. The number of carbonyl (C=O) groups excluding carboxylic acids is 1. The Morgan fingerprint density at radius 2 is 1.92 bits per heavy atom. The van der Waals surface area contributed by atoms with Crippen LogP contribution in [0.3, 0.4) is 0 Å². The highest BCUT2D eigenvalue weighted by atomic mass is 32.2. The van der Waals surface area contributed by atoms with Gasteiger partial charge in [-0.15, -0.1) is 0 Å². The van der Waals surface area contributed by atoms with Crippen LogP contribution in [-0.2, 0) is 9.84 Å². The van der Waals surface area contributed by atoms with Crippen LogP contribution in [0.15, 0.2) is 35.2 Å². The molecule has 2 aromatic rings. The highest BCUT2D eigenvalue weighted by molar-refractivity contribution is 7.90. The number of rotatable bonds is 5. The molecule has 7 heteroatoms. The van der Waals surface area contributed by atoms with E-state index in [9.17, 15) is 13.2 Å². The quantitative estimate of drug-likeness (QED) is 0.901. The zero-order valence-corrected chi connectivity index (χ0v) is 14.8. The van der Waals surface area contributed by atoms with Crippen molar-refractivity contribution in [3.63, 3.8) is 0 Å². The van der Waals surface area contributed by atoms with Gasteiger partial charge in [-0.1, -0.05) is 12.1 Å². The summed E-state index contributed by atoms with van der Waals surface area (Å²) < 4.78 is 23.1. The van der Waals surface area contributed by atoms with E-state index < -0.39 is 9.84 Å². The van der Waals surface area contributed by atoms with Crippen molar-refractivity contribution in [2.75, 3.05) is 13.3 Å². The first kappa shape index (κ1) is 16.7. The average Bonchev–Trinajstić information content (AvgIpc) is 3.29. The molecular weight excluding hydrogens is 326 g/mol. The molecule has 1 saturated carbocycles. The third-order valence-corrected chi connectivity index (χ3v) is 5.65. The molecule has 6 nitrogen and oxygen atoms in total. The van der Waals surface area contributed by atoms with Crippen molar-refractivity contribution in [3.8, 4) is 0 Å². The summed E-state index contributed by atoms with van der Waals surface area (Å²) in [6.07, 6.45) is 3.47. The number of aromatic nitrogens is 2. The Morgan fingerprint density at radius 1 is 1.29 bits per heavy atom. The van der Waals surface area contributed by atoms with Crippen molar-refractivity contribution in [3.05, 3.63) is 47.3 Å². The van der Waals surface area contributed by atoms with Crippen LogP contribution >= 0.6 is 0 Å². The van der Waals surface area contributed by atoms with Gasteiger partial charge in [-0.3, -0.25) is 9.89 Å². The van der Waals surface area contributed by atoms with Gasteiger partial charge in [0.15, 0.2) is 9.84 Å². The fraction of sp³-hybridized carbons (Fsp3) is 0.412.